The number of likely N-dealkylation sites (tertiary alicyclic amines) is 1. The van der Waals surface area contributed by atoms with Gasteiger partial charge in [-0.25, -0.2) is 0 Å². The molecule has 3 heteroatoms. The van der Waals surface area contributed by atoms with Crippen molar-refractivity contribution in [1.82, 2.24) is 4.90 Å². The fourth-order valence-corrected chi connectivity index (χ4v) is 2.75. The fraction of sp³-hybridized carbons (Fsp3) is 0.500. The standard InChI is InChI=1S/C12H16BrNO/c1-14-6-5-12(8-14,9-15)10-3-2-4-11(13)7-10/h2-4,7,15H,5-6,8-9H2,1H3. The van der Waals surface area contributed by atoms with Gasteiger partial charge in [-0.3, -0.25) is 0 Å². The van der Waals surface area contributed by atoms with E-state index in [4.69, 9.17) is 0 Å². The largest absolute Gasteiger partial charge is 0.395 e. The maximum absolute atomic E-state index is 9.64. The molecule has 2 nitrogen and oxygen atoms in total. The molecule has 1 aromatic rings. The molecule has 1 saturated heterocycles. The van der Waals surface area contributed by atoms with E-state index < -0.39 is 0 Å². The molecule has 1 unspecified atom stereocenters. The van der Waals surface area contributed by atoms with Crippen LogP contribution >= 0.6 is 15.9 Å². The van der Waals surface area contributed by atoms with Gasteiger partial charge >= 0.3 is 0 Å². The Morgan fingerprint density at radius 3 is 2.87 bits per heavy atom. The summed E-state index contributed by atoms with van der Waals surface area (Å²) < 4.78 is 1.09. The van der Waals surface area contributed by atoms with E-state index in [0.717, 1.165) is 24.0 Å². The smallest absolute Gasteiger partial charge is 0.0540 e. The molecule has 1 N–H and O–H groups in total. The summed E-state index contributed by atoms with van der Waals surface area (Å²) in [4.78, 5) is 2.27. The Bertz CT molecular complexity index is 355. The van der Waals surface area contributed by atoms with Gasteiger partial charge in [0.05, 0.1) is 6.61 Å². The minimum atomic E-state index is -0.0570. The molecular weight excluding hydrogens is 254 g/mol. The minimum Gasteiger partial charge on any atom is -0.395 e. The van der Waals surface area contributed by atoms with E-state index >= 15 is 0 Å². The lowest BCUT2D eigenvalue weighted by Crippen LogP contribution is -2.33. The van der Waals surface area contributed by atoms with E-state index in [1.54, 1.807) is 0 Å². The van der Waals surface area contributed by atoms with E-state index in [-0.39, 0.29) is 12.0 Å². The highest BCUT2D eigenvalue weighted by Crippen LogP contribution is 2.34. The Balaban J connectivity index is 2.34. The van der Waals surface area contributed by atoms with Crippen LogP contribution in [-0.2, 0) is 5.41 Å². The maximum Gasteiger partial charge on any atom is 0.0540 e. The van der Waals surface area contributed by atoms with Crippen molar-refractivity contribution < 1.29 is 5.11 Å². The van der Waals surface area contributed by atoms with Crippen molar-refractivity contribution in [2.45, 2.75) is 11.8 Å². The third kappa shape index (κ3) is 2.10. The Kier molecular flexibility index (Phi) is 3.14. The summed E-state index contributed by atoms with van der Waals surface area (Å²) in [5, 5.41) is 9.64. The molecule has 0 amide bonds. The average Bonchev–Trinajstić information content (AvgIpc) is 2.61. The average molecular weight is 270 g/mol. The van der Waals surface area contributed by atoms with Crippen molar-refractivity contribution >= 4 is 15.9 Å². The van der Waals surface area contributed by atoms with Crippen LogP contribution in [0.5, 0.6) is 0 Å². The molecule has 1 fully saturated rings. The van der Waals surface area contributed by atoms with Crippen molar-refractivity contribution in [3.05, 3.63) is 34.3 Å². The fourth-order valence-electron chi connectivity index (χ4n) is 2.35. The molecule has 0 saturated carbocycles. The molecule has 0 bridgehead atoms. The Morgan fingerprint density at radius 2 is 2.33 bits per heavy atom. The zero-order chi connectivity index (χ0) is 10.9. The second kappa shape index (κ2) is 4.24. The first-order valence-corrected chi connectivity index (χ1v) is 6.01. The Labute approximate surface area is 99.0 Å². The van der Waals surface area contributed by atoms with Crippen LogP contribution < -0.4 is 0 Å². The molecule has 1 aliphatic rings. The second-order valence-electron chi connectivity index (χ2n) is 4.44. The lowest BCUT2D eigenvalue weighted by atomic mass is 9.80. The van der Waals surface area contributed by atoms with Gasteiger partial charge in [0.1, 0.15) is 0 Å². The monoisotopic (exact) mass is 269 g/mol. The van der Waals surface area contributed by atoms with E-state index in [2.05, 4.69) is 40.0 Å². The van der Waals surface area contributed by atoms with E-state index in [1.807, 2.05) is 12.1 Å². The van der Waals surface area contributed by atoms with Crippen LogP contribution in [0, 0.1) is 0 Å². The van der Waals surface area contributed by atoms with Crippen LogP contribution in [0.2, 0.25) is 0 Å². The van der Waals surface area contributed by atoms with Crippen molar-refractivity contribution in [3.8, 4) is 0 Å². The Morgan fingerprint density at radius 1 is 1.53 bits per heavy atom. The van der Waals surface area contributed by atoms with Gasteiger partial charge in [0.2, 0.25) is 0 Å². The van der Waals surface area contributed by atoms with Crippen LogP contribution in [0.3, 0.4) is 0 Å². The number of aliphatic hydroxyl groups excluding tert-OH is 1. The number of aliphatic hydroxyl groups is 1. The zero-order valence-electron chi connectivity index (χ0n) is 8.91. The molecule has 1 aromatic carbocycles. The highest BCUT2D eigenvalue weighted by molar-refractivity contribution is 9.10. The molecule has 1 heterocycles. The summed E-state index contributed by atoms with van der Waals surface area (Å²) in [6.07, 6.45) is 1.04. The number of halogens is 1. The van der Waals surface area contributed by atoms with Crippen LogP contribution in [0.4, 0.5) is 0 Å². The summed E-state index contributed by atoms with van der Waals surface area (Å²) in [5.74, 6) is 0. The van der Waals surface area contributed by atoms with Crippen LogP contribution in [0.25, 0.3) is 0 Å². The predicted molar refractivity (Wildman–Crippen MR) is 65.0 cm³/mol. The van der Waals surface area contributed by atoms with Crippen LogP contribution in [0.15, 0.2) is 28.7 Å². The quantitative estimate of drug-likeness (QED) is 0.888. The molecule has 0 aromatic heterocycles. The topological polar surface area (TPSA) is 23.5 Å². The summed E-state index contributed by atoms with van der Waals surface area (Å²) in [6.45, 7) is 2.24. The number of likely N-dealkylation sites (N-methyl/N-ethyl adjacent to an activating group) is 1. The zero-order valence-corrected chi connectivity index (χ0v) is 10.5. The van der Waals surface area contributed by atoms with Gasteiger partial charge in [0.15, 0.2) is 0 Å². The van der Waals surface area contributed by atoms with Gasteiger partial charge < -0.3 is 10.0 Å². The second-order valence-corrected chi connectivity index (χ2v) is 5.35. The number of benzene rings is 1. The van der Waals surface area contributed by atoms with Crippen molar-refractivity contribution in [3.63, 3.8) is 0 Å². The molecule has 2 rings (SSSR count). The molecule has 15 heavy (non-hydrogen) atoms. The van der Waals surface area contributed by atoms with Crippen LogP contribution in [-0.4, -0.2) is 36.8 Å². The molecule has 1 aliphatic heterocycles. The molecule has 82 valence electrons. The maximum atomic E-state index is 9.64. The van der Waals surface area contributed by atoms with Crippen molar-refractivity contribution in [2.24, 2.45) is 0 Å². The number of nitrogens with zero attached hydrogens (tertiary/aromatic N) is 1. The SMILES string of the molecule is CN1CCC(CO)(c2cccc(Br)c2)C1. The third-order valence-electron chi connectivity index (χ3n) is 3.28. The third-order valence-corrected chi connectivity index (χ3v) is 3.78. The summed E-state index contributed by atoms with van der Waals surface area (Å²) in [7, 11) is 2.11. The van der Waals surface area contributed by atoms with Gasteiger partial charge in [-0.2, -0.15) is 0 Å². The molecule has 0 radical (unpaired) electrons. The number of hydrogen-bond acceptors (Lipinski definition) is 2. The van der Waals surface area contributed by atoms with E-state index in [1.165, 1.54) is 5.56 Å². The Hall–Kier alpha value is -0.380. The first kappa shape index (κ1) is 11.1. The molecule has 1 atom stereocenters. The number of hydrogen-bond donors (Lipinski definition) is 1. The summed E-state index contributed by atoms with van der Waals surface area (Å²) in [5.41, 5.74) is 1.18. The number of rotatable bonds is 2. The van der Waals surface area contributed by atoms with Crippen LogP contribution in [0.1, 0.15) is 12.0 Å². The van der Waals surface area contributed by atoms with Gasteiger partial charge in [-0.05, 0) is 37.7 Å². The van der Waals surface area contributed by atoms with Crippen molar-refractivity contribution in [2.75, 3.05) is 26.7 Å². The molecule has 0 aliphatic carbocycles. The summed E-state index contributed by atoms with van der Waals surface area (Å²) in [6, 6.07) is 8.29. The van der Waals surface area contributed by atoms with Gasteiger partial charge in [0, 0.05) is 16.4 Å². The van der Waals surface area contributed by atoms with Crippen molar-refractivity contribution in [1.29, 1.82) is 0 Å². The predicted octanol–water partition coefficient (Wildman–Crippen LogP) is 2.01. The first-order valence-electron chi connectivity index (χ1n) is 5.22. The highest BCUT2D eigenvalue weighted by atomic mass is 79.9. The molecule has 0 spiro atoms. The summed E-state index contributed by atoms with van der Waals surface area (Å²) >= 11 is 3.48. The van der Waals surface area contributed by atoms with Gasteiger partial charge in [-0.1, -0.05) is 28.1 Å². The van der Waals surface area contributed by atoms with Gasteiger partial charge in [-0.15, -0.1) is 0 Å². The van der Waals surface area contributed by atoms with E-state index in [9.17, 15) is 5.11 Å². The van der Waals surface area contributed by atoms with E-state index in [0.29, 0.717) is 0 Å². The van der Waals surface area contributed by atoms with Gasteiger partial charge in [0.25, 0.3) is 0 Å². The highest BCUT2D eigenvalue weighted by Gasteiger charge is 2.37. The normalized spacial score (nSPS) is 27.1. The first-order chi connectivity index (χ1) is 7.16. The lowest BCUT2D eigenvalue weighted by molar-refractivity contribution is 0.195. The minimum absolute atomic E-state index is 0.0570. The lowest BCUT2D eigenvalue weighted by Gasteiger charge is -2.27. The molecular formula is C12H16BrNO.